The molecule has 7 nitrogen and oxygen atoms in total. The molecule has 1 aliphatic heterocycles. The molecule has 1 N–H and O–H groups in total. The third-order valence-corrected chi connectivity index (χ3v) is 5.15. The molecule has 0 aromatic carbocycles. The van der Waals surface area contributed by atoms with Crippen molar-refractivity contribution in [2.75, 3.05) is 13.1 Å². The number of piperidine rings is 1. The Labute approximate surface area is 152 Å². The van der Waals surface area contributed by atoms with Gasteiger partial charge in [0, 0.05) is 18.9 Å². The molecule has 0 spiro atoms. The maximum atomic E-state index is 5.30. The Bertz CT molecular complexity index is 689. The van der Waals surface area contributed by atoms with Crippen molar-refractivity contribution in [2.24, 2.45) is 5.92 Å². The van der Waals surface area contributed by atoms with E-state index in [1.165, 1.54) is 0 Å². The first-order valence-electron chi connectivity index (χ1n) is 8.86. The molecule has 3 heterocycles. The van der Waals surface area contributed by atoms with Crippen LogP contribution < -0.4 is 5.32 Å². The number of thioether (sulfide) groups is 1. The van der Waals surface area contributed by atoms with Gasteiger partial charge in [-0.05, 0) is 31.8 Å². The first-order valence-corrected chi connectivity index (χ1v) is 9.85. The number of rotatable bonds is 8. The van der Waals surface area contributed by atoms with Crippen LogP contribution in [-0.4, -0.2) is 38.0 Å². The Kier molecular flexibility index (Phi) is 6.25. The number of hydrogen-bond acceptors (Lipinski definition) is 7. The van der Waals surface area contributed by atoms with Crippen molar-refractivity contribution in [1.29, 1.82) is 0 Å². The quantitative estimate of drug-likeness (QED) is 0.571. The molecule has 0 atom stereocenters. The lowest BCUT2D eigenvalue weighted by molar-refractivity contribution is 0.360. The number of nitrogens with zero attached hydrogens (tertiary/aromatic N) is 5. The number of allylic oxidation sites excluding steroid dienone is 1. The monoisotopic (exact) mass is 362 g/mol. The highest BCUT2D eigenvalue weighted by Gasteiger charge is 2.23. The molecule has 0 radical (unpaired) electrons. The van der Waals surface area contributed by atoms with Crippen LogP contribution in [0.15, 0.2) is 22.3 Å². The smallest absolute Gasteiger partial charge is 0.226 e. The fraction of sp³-hybridized carbons (Fsp3) is 0.647. The van der Waals surface area contributed by atoms with Crippen LogP contribution >= 0.6 is 11.8 Å². The van der Waals surface area contributed by atoms with E-state index < -0.39 is 0 Å². The lowest BCUT2D eigenvalue weighted by atomic mass is 9.97. The molecule has 0 aliphatic carbocycles. The van der Waals surface area contributed by atoms with Crippen LogP contribution in [0.25, 0.3) is 0 Å². The summed E-state index contributed by atoms with van der Waals surface area (Å²) in [5.41, 5.74) is 0. The zero-order valence-corrected chi connectivity index (χ0v) is 15.8. The van der Waals surface area contributed by atoms with Gasteiger partial charge in [-0.15, -0.1) is 16.8 Å². The molecule has 1 aliphatic rings. The van der Waals surface area contributed by atoms with Crippen LogP contribution in [0.1, 0.15) is 50.1 Å². The molecule has 2 aromatic rings. The van der Waals surface area contributed by atoms with Crippen LogP contribution in [0.2, 0.25) is 0 Å². The van der Waals surface area contributed by atoms with Gasteiger partial charge >= 0.3 is 0 Å². The highest BCUT2D eigenvalue weighted by Crippen LogP contribution is 2.28. The van der Waals surface area contributed by atoms with Crippen LogP contribution in [0.5, 0.6) is 0 Å². The van der Waals surface area contributed by atoms with E-state index in [1.54, 1.807) is 11.8 Å². The lowest BCUT2D eigenvalue weighted by Crippen LogP contribution is -2.28. The fourth-order valence-electron chi connectivity index (χ4n) is 3.00. The average molecular weight is 363 g/mol. The highest BCUT2D eigenvalue weighted by atomic mass is 32.2. The van der Waals surface area contributed by atoms with E-state index in [2.05, 4.69) is 50.6 Å². The Morgan fingerprint density at radius 2 is 2.16 bits per heavy atom. The number of nitrogens with one attached hydrogen (secondary N) is 1. The summed E-state index contributed by atoms with van der Waals surface area (Å²) >= 11 is 1.60. The fourth-order valence-corrected chi connectivity index (χ4v) is 3.80. The maximum absolute atomic E-state index is 5.30. The predicted molar refractivity (Wildman–Crippen MR) is 97.5 cm³/mol. The van der Waals surface area contributed by atoms with E-state index in [0.29, 0.717) is 29.3 Å². The summed E-state index contributed by atoms with van der Waals surface area (Å²) in [5.74, 6) is 4.07. The SMILES string of the molecule is C=CCn1c(SCc2noc(CC(C)C)n2)nnc1C1CCNCC1. The van der Waals surface area contributed by atoms with Crippen LogP contribution in [-0.2, 0) is 18.7 Å². The molecule has 1 fully saturated rings. The zero-order valence-electron chi connectivity index (χ0n) is 14.9. The average Bonchev–Trinajstić information content (AvgIpc) is 3.20. The summed E-state index contributed by atoms with van der Waals surface area (Å²) < 4.78 is 7.47. The van der Waals surface area contributed by atoms with E-state index in [4.69, 9.17) is 4.52 Å². The van der Waals surface area contributed by atoms with Gasteiger partial charge in [0.25, 0.3) is 0 Å². The second kappa shape index (κ2) is 8.62. The first-order chi connectivity index (χ1) is 12.2. The standard InChI is InChI=1S/C17H26N6OS/c1-4-9-23-16(13-5-7-18-8-6-13)20-21-17(23)25-11-14-19-15(24-22-14)10-12(2)3/h4,12-13,18H,1,5-11H2,2-3H3. The molecule has 136 valence electrons. The third-order valence-electron chi connectivity index (χ3n) is 4.18. The van der Waals surface area contributed by atoms with Gasteiger partial charge in [0.05, 0.1) is 5.75 Å². The normalized spacial score (nSPS) is 15.8. The lowest BCUT2D eigenvalue weighted by Gasteiger charge is -2.22. The molecule has 8 heteroatoms. The van der Waals surface area contributed by atoms with Crippen LogP contribution in [0.4, 0.5) is 0 Å². The van der Waals surface area contributed by atoms with Gasteiger partial charge in [-0.2, -0.15) is 4.98 Å². The van der Waals surface area contributed by atoms with Gasteiger partial charge in [0.2, 0.25) is 5.89 Å². The minimum Gasteiger partial charge on any atom is -0.339 e. The summed E-state index contributed by atoms with van der Waals surface area (Å²) in [5, 5.41) is 17.2. The van der Waals surface area contributed by atoms with Gasteiger partial charge < -0.3 is 14.4 Å². The van der Waals surface area contributed by atoms with Crippen molar-refractivity contribution in [3.05, 3.63) is 30.2 Å². The van der Waals surface area contributed by atoms with Crippen molar-refractivity contribution in [3.63, 3.8) is 0 Å². The topological polar surface area (TPSA) is 81.7 Å². The highest BCUT2D eigenvalue weighted by molar-refractivity contribution is 7.98. The van der Waals surface area contributed by atoms with Crippen molar-refractivity contribution in [3.8, 4) is 0 Å². The maximum Gasteiger partial charge on any atom is 0.226 e. The summed E-state index contributed by atoms with van der Waals surface area (Å²) in [6.07, 6.45) is 4.91. The summed E-state index contributed by atoms with van der Waals surface area (Å²) in [6.45, 7) is 10.9. The summed E-state index contributed by atoms with van der Waals surface area (Å²) in [6, 6.07) is 0. The Morgan fingerprint density at radius 3 is 2.88 bits per heavy atom. The summed E-state index contributed by atoms with van der Waals surface area (Å²) in [4.78, 5) is 4.45. The minimum absolute atomic E-state index is 0.464. The van der Waals surface area contributed by atoms with E-state index >= 15 is 0 Å². The summed E-state index contributed by atoms with van der Waals surface area (Å²) in [7, 11) is 0. The number of aromatic nitrogens is 5. The third kappa shape index (κ3) is 4.70. The van der Waals surface area contributed by atoms with Gasteiger partial charge in [-0.1, -0.05) is 36.8 Å². The predicted octanol–water partition coefficient (Wildman–Crippen LogP) is 2.80. The molecule has 1 saturated heterocycles. The van der Waals surface area contributed by atoms with Crippen LogP contribution in [0.3, 0.4) is 0 Å². The van der Waals surface area contributed by atoms with Crippen LogP contribution in [0, 0.1) is 5.92 Å². The van der Waals surface area contributed by atoms with Gasteiger partial charge in [-0.3, -0.25) is 0 Å². The minimum atomic E-state index is 0.464. The molecular formula is C17H26N6OS. The van der Waals surface area contributed by atoms with E-state index in [-0.39, 0.29) is 0 Å². The second-order valence-electron chi connectivity index (χ2n) is 6.76. The molecule has 2 aromatic heterocycles. The first kappa shape index (κ1) is 18.1. The van der Waals surface area contributed by atoms with Gasteiger partial charge in [0.15, 0.2) is 11.0 Å². The van der Waals surface area contributed by atoms with Crippen molar-refractivity contribution in [2.45, 2.75) is 56.5 Å². The molecule has 0 bridgehead atoms. The molecule has 25 heavy (non-hydrogen) atoms. The molecule has 3 rings (SSSR count). The molecule has 0 saturated carbocycles. The van der Waals surface area contributed by atoms with Gasteiger partial charge in [-0.25, -0.2) is 0 Å². The van der Waals surface area contributed by atoms with Crippen molar-refractivity contribution < 1.29 is 4.52 Å². The van der Waals surface area contributed by atoms with E-state index in [9.17, 15) is 0 Å². The second-order valence-corrected chi connectivity index (χ2v) is 7.70. The van der Waals surface area contributed by atoms with Gasteiger partial charge in [0.1, 0.15) is 5.82 Å². The Morgan fingerprint density at radius 1 is 1.36 bits per heavy atom. The van der Waals surface area contributed by atoms with Crippen molar-refractivity contribution >= 4 is 11.8 Å². The Balaban J connectivity index is 1.68. The van der Waals surface area contributed by atoms with Crippen molar-refractivity contribution in [1.82, 2.24) is 30.2 Å². The number of hydrogen-bond donors (Lipinski definition) is 1. The Hall–Kier alpha value is -1.67. The molecule has 0 amide bonds. The molecular weight excluding hydrogens is 336 g/mol. The van der Waals surface area contributed by atoms with E-state index in [1.807, 2.05) is 6.08 Å². The largest absolute Gasteiger partial charge is 0.339 e. The van der Waals surface area contributed by atoms with E-state index in [0.717, 1.165) is 49.9 Å². The molecule has 0 unspecified atom stereocenters. The zero-order chi connectivity index (χ0) is 17.6.